The first-order chi connectivity index (χ1) is 3.95. The van der Waals surface area contributed by atoms with Crippen molar-refractivity contribution in [3.8, 4) is 0 Å². The van der Waals surface area contributed by atoms with Gasteiger partial charge in [-0.25, -0.2) is 0 Å². The summed E-state index contributed by atoms with van der Waals surface area (Å²) in [6, 6.07) is 0. The molecule has 5 heteroatoms. The number of hydrogen-bond donors (Lipinski definition) is 0. The number of rotatable bonds is 3. The SMILES string of the molecule is CC(CS(C)(Cl)Cl)SCl. The van der Waals surface area contributed by atoms with E-state index < -0.39 is 8.46 Å². The molecule has 0 rings (SSSR count). The van der Waals surface area contributed by atoms with Gasteiger partial charge in [-0.05, 0) is 16.9 Å². The Morgan fingerprint density at radius 1 is 1.56 bits per heavy atom. The van der Waals surface area contributed by atoms with Crippen LogP contribution >= 0.6 is 51.5 Å². The second-order valence-corrected chi connectivity index (χ2v) is 10.1. The second kappa shape index (κ2) is 4.45. The first-order valence-electron chi connectivity index (χ1n) is 2.38. The maximum Gasteiger partial charge on any atom is 0.0268 e. The van der Waals surface area contributed by atoms with Crippen LogP contribution in [0.4, 0.5) is 0 Å². The monoisotopic (exact) mass is 226 g/mol. The van der Waals surface area contributed by atoms with Gasteiger partial charge in [0.2, 0.25) is 0 Å². The topological polar surface area (TPSA) is 0 Å². The molecular weight excluding hydrogens is 219 g/mol. The van der Waals surface area contributed by atoms with Gasteiger partial charge in [0.15, 0.2) is 0 Å². The molecule has 58 valence electrons. The molecule has 0 amide bonds. The molecule has 0 radical (unpaired) electrons. The summed E-state index contributed by atoms with van der Waals surface area (Å²) in [6.45, 7) is 2.01. The minimum absolute atomic E-state index is 0.349. The zero-order valence-electron chi connectivity index (χ0n) is 5.23. The van der Waals surface area contributed by atoms with Crippen molar-refractivity contribution in [2.24, 2.45) is 0 Å². The Morgan fingerprint density at radius 3 is 2.11 bits per heavy atom. The summed E-state index contributed by atoms with van der Waals surface area (Å²) < 4.78 is 0. The van der Waals surface area contributed by atoms with E-state index in [9.17, 15) is 0 Å². The van der Waals surface area contributed by atoms with Gasteiger partial charge in [0.25, 0.3) is 0 Å². The highest BCUT2D eigenvalue weighted by Gasteiger charge is 2.14. The molecule has 1 atom stereocenters. The molecule has 0 aromatic rings. The zero-order valence-corrected chi connectivity index (χ0v) is 9.14. The molecule has 0 spiro atoms. The fourth-order valence-electron chi connectivity index (χ4n) is 0.438. The largest absolute Gasteiger partial charge is 0.0862 e. The first kappa shape index (κ1) is 10.6. The summed E-state index contributed by atoms with van der Waals surface area (Å²) in [5.41, 5.74) is 0. The quantitative estimate of drug-likeness (QED) is 0.702. The standard InChI is InChI=1S/C4H9Cl3S2/c1-4(8-5)3-9(2,6)7/h4H,3H2,1-2H3. The third kappa shape index (κ3) is 7.47. The fraction of sp³-hybridized carbons (Fsp3) is 1.00. The van der Waals surface area contributed by atoms with Gasteiger partial charge in [-0.15, -0.1) is 0 Å². The highest BCUT2D eigenvalue weighted by molar-refractivity contribution is 8.65. The molecule has 0 fully saturated rings. The molecule has 0 aliphatic heterocycles. The molecule has 0 nitrogen and oxygen atoms in total. The normalized spacial score (nSPS) is 17.4. The van der Waals surface area contributed by atoms with Crippen molar-refractivity contribution in [3.05, 3.63) is 0 Å². The Kier molecular flexibility index (Phi) is 5.22. The number of halogens is 3. The first-order valence-corrected chi connectivity index (χ1v) is 7.95. The van der Waals surface area contributed by atoms with Crippen molar-refractivity contribution in [1.82, 2.24) is 0 Å². The molecule has 0 aromatic carbocycles. The van der Waals surface area contributed by atoms with E-state index >= 15 is 0 Å². The minimum atomic E-state index is -1.40. The van der Waals surface area contributed by atoms with Gasteiger partial charge in [-0.2, -0.15) is 0 Å². The minimum Gasteiger partial charge on any atom is -0.0862 e. The Morgan fingerprint density at radius 2 is 2.00 bits per heavy atom. The molecule has 0 saturated heterocycles. The van der Waals surface area contributed by atoms with Gasteiger partial charge < -0.3 is 0 Å². The molecule has 0 aliphatic rings. The Balaban J connectivity index is 3.47. The molecule has 0 heterocycles. The smallest absolute Gasteiger partial charge is 0.0268 e. The summed E-state index contributed by atoms with van der Waals surface area (Å²) in [6.07, 6.45) is 1.85. The van der Waals surface area contributed by atoms with E-state index in [1.54, 1.807) is 0 Å². The van der Waals surface area contributed by atoms with Crippen LogP contribution in [-0.4, -0.2) is 17.3 Å². The van der Waals surface area contributed by atoms with Gasteiger partial charge >= 0.3 is 0 Å². The van der Waals surface area contributed by atoms with Gasteiger partial charge in [0.1, 0.15) is 0 Å². The summed E-state index contributed by atoms with van der Waals surface area (Å²) in [7, 11) is 16.9. The van der Waals surface area contributed by atoms with Gasteiger partial charge in [-0.1, -0.05) is 47.7 Å². The van der Waals surface area contributed by atoms with Gasteiger partial charge in [-0.3, -0.25) is 0 Å². The number of hydrogen-bond acceptors (Lipinski definition) is 1. The van der Waals surface area contributed by atoms with Crippen LogP contribution in [0.5, 0.6) is 0 Å². The predicted octanol–water partition coefficient (Wildman–Crippen LogP) is 4.00. The van der Waals surface area contributed by atoms with Crippen LogP contribution in [0, 0.1) is 0 Å². The highest BCUT2D eigenvalue weighted by Crippen LogP contribution is 2.56. The third-order valence-electron chi connectivity index (χ3n) is 0.679. The lowest BCUT2D eigenvalue weighted by Crippen LogP contribution is -2.02. The zero-order chi connectivity index (χ0) is 7.49. The summed E-state index contributed by atoms with van der Waals surface area (Å²) in [4.78, 5) is 0. The van der Waals surface area contributed by atoms with Crippen molar-refractivity contribution in [1.29, 1.82) is 0 Å². The molecule has 9 heavy (non-hydrogen) atoms. The summed E-state index contributed by atoms with van der Waals surface area (Å²) in [5, 5.41) is 0.349. The summed E-state index contributed by atoms with van der Waals surface area (Å²) >= 11 is 0. The average Bonchev–Trinajstić information content (AvgIpc) is 1.62. The Labute approximate surface area is 75.4 Å². The van der Waals surface area contributed by atoms with Crippen LogP contribution in [-0.2, 0) is 0 Å². The lowest BCUT2D eigenvalue weighted by Gasteiger charge is -2.20. The van der Waals surface area contributed by atoms with E-state index in [0.29, 0.717) is 5.25 Å². The van der Waals surface area contributed by atoms with E-state index in [1.807, 2.05) is 13.2 Å². The maximum absolute atomic E-state index is 5.78. The third-order valence-corrected chi connectivity index (χ3v) is 4.11. The fourth-order valence-corrected chi connectivity index (χ4v) is 4.33. The highest BCUT2D eigenvalue weighted by atomic mass is 36.0. The molecular formula is C4H9Cl3S2. The van der Waals surface area contributed by atoms with E-state index in [-0.39, 0.29) is 0 Å². The van der Waals surface area contributed by atoms with Crippen LogP contribution < -0.4 is 0 Å². The predicted molar refractivity (Wildman–Crippen MR) is 53.0 cm³/mol. The van der Waals surface area contributed by atoms with Crippen LogP contribution in [0.25, 0.3) is 0 Å². The van der Waals surface area contributed by atoms with Gasteiger partial charge in [0, 0.05) is 11.0 Å². The van der Waals surface area contributed by atoms with E-state index in [1.165, 1.54) is 11.0 Å². The van der Waals surface area contributed by atoms with E-state index in [0.717, 1.165) is 5.75 Å². The van der Waals surface area contributed by atoms with Crippen molar-refractivity contribution in [2.75, 3.05) is 12.0 Å². The molecule has 0 saturated carbocycles. The van der Waals surface area contributed by atoms with Crippen LogP contribution in [0.15, 0.2) is 0 Å². The summed E-state index contributed by atoms with van der Waals surface area (Å²) in [5.74, 6) is 0.796. The van der Waals surface area contributed by atoms with Crippen LogP contribution in [0.3, 0.4) is 0 Å². The van der Waals surface area contributed by atoms with E-state index in [2.05, 4.69) is 0 Å². The van der Waals surface area contributed by atoms with E-state index in [4.69, 9.17) is 32.0 Å². The second-order valence-electron chi connectivity index (χ2n) is 1.94. The van der Waals surface area contributed by atoms with Crippen molar-refractivity contribution >= 4 is 51.5 Å². The van der Waals surface area contributed by atoms with Crippen molar-refractivity contribution in [2.45, 2.75) is 12.2 Å². The van der Waals surface area contributed by atoms with Crippen molar-refractivity contribution in [3.63, 3.8) is 0 Å². The maximum atomic E-state index is 5.78. The Bertz CT molecular complexity index is 80.4. The van der Waals surface area contributed by atoms with Crippen molar-refractivity contribution < 1.29 is 0 Å². The molecule has 1 unspecified atom stereocenters. The Hall–Kier alpha value is 1.57. The molecule has 0 bridgehead atoms. The van der Waals surface area contributed by atoms with Gasteiger partial charge in [0.05, 0.1) is 0 Å². The average molecular weight is 228 g/mol. The lowest BCUT2D eigenvalue weighted by molar-refractivity contribution is 1.14. The van der Waals surface area contributed by atoms with Crippen LogP contribution in [0.2, 0.25) is 0 Å². The molecule has 0 N–H and O–H groups in total. The molecule has 0 aromatic heterocycles. The lowest BCUT2D eigenvalue weighted by atomic mass is 10.6. The van der Waals surface area contributed by atoms with Crippen LogP contribution in [0.1, 0.15) is 6.92 Å². The molecule has 0 aliphatic carbocycles.